The Labute approximate surface area is 231 Å². The van der Waals surface area contributed by atoms with Gasteiger partial charge in [-0.15, -0.1) is 0 Å². The van der Waals surface area contributed by atoms with Crippen molar-refractivity contribution in [3.05, 3.63) is 88.0 Å². The van der Waals surface area contributed by atoms with E-state index in [2.05, 4.69) is 0 Å². The largest absolute Gasteiger partial charge is 0.491 e. The normalized spacial score (nSPS) is 18.1. The van der Waals surface area contributed by atoms with E-state index in [1.807, 2.05) is 6.92 Å². The Morgan fingerprint density at radius 1 is 0.750 bits per heavy atom. The van der Waals surface area contributed by atoms with Crippen LogP contribution >= 0.6 is 0 Å². The first-order valence-electron chi connectivity index (χ1n) is 13.9. The van der Waals surface area contributed by atoms with E-state index in [9.17, 15) is 31.4 Å². The standard InChI is InChI=1S/C32H34F6O2/c1-3-5-25(39)24-15-14-21(28(34)31(24)37)19-9-6-18(7-10-19)8-11-20-12-13-22(29(35)27(20)33)23-16-17-26(40-4-2)32(38)30(23)36/h12-19,25,39H,3-11H2,1-2H3. The van der Waals surface area contributed by atoms with Crippen molar-refractivity contribution >= 4 is 0 Å². The molecule has 0 saturated heterocycles. The monoisotopic (exact) mass is 564 g/mol. The molecule has 40 heavy (non-hydrogen) atoms. The molecule has 3 aromatic rings. The Kier molecular flexibility index (Phi) is 9.82. The summed E-state index contributed by atoms with van der Waals surface area (Å²) in [7, 11) is 0. The van der Waals surface area contributed by atoms with Crippen molar-refractivity contribution in [2.45, 2.75) is 77.2 Å². The average molecular weight is 565 g/mol. The molecule has 0 spiro atoms. The highest BCUT2D eigenvalue weighted by molar-refractivity contribution is 5.66. The summed E-state index contributed by atoms with van der Waals surface area (Å²) in [5, 5.41) is 10.1. The molecular formula is C32H34F6O2. The molecule has 0 amide bonds. The molecule has 1 fully saturated rings. The number of hydrogen-bond acceptors (Lipinski definition) is 2. The van der Waals surface area contributed by atoms with Crippen molar-refractivity contribution in [1.82, 2.24) is 0 Å². The minimum Gasteiger partial charge on any atom is -0.491 e. The van der Waals surface area contributed by atoms with Gasteiger partial charge in [-0.3, -0.25) is 0 Å². The van der Waals surface area contributed by atoms with Gasteiger partial charge in [0.1, 0.15) is 0 Å². The molecular weight excluding hydrogens is 530 g/mol. The van der Waals surface area contributed by atoms with Gasteiger partial charge in [0, 0.05) is 16.7 Å². The topological polar surface area (TPSA) is 29.5 Å². The van der Waals surface area contributed by atoms with E-state index in [1.54, 1.807) is 13.0 Å². The first kappa shape index (κ1) is 30.0. The van der Waals surface area contributed by atoms with Crippen LogP contribution in [0.5, 0.6) is 5.75 Å². The maximum atomic E-state index is 14.9. The Morgan fingerprint density at radius 3 is 2.05 bits per heavy atom. The predicted octanol–water partition coefficient (Wildman–Crippen LogP) is 9.33. The Morgan fingerprint density at radius 2 is 1.40 bits per heavy atom. The molecule has 1 aliphatic rings. The van der Waals surface area contributed by atoms with Crippen LogP contribution in [-0.2, 0) is 6.42 Å². The van der Waals surface area contributed by atoms with Crippen LogP contribution in [0.2, 0.25) is 0 Å². The molecule has 2 nitrogen and oxygen atoms in total. The molecule has 1 aliphatic carbocycles. The SMILES string of the molecule is CCCC(O)c1ccc(C2CCC(CCc3ccc(-c4ccc(OCC)c(F)c4F)c(F)c3F)CC2)c(F)c1F. The van der Waals surface area contributed by atoms with Crippen LogP contribution in [0, 0.1) is 40.8 Å². The fourth-order valence-electron chi connectivity index (χ4n) is 5.70. The van der Waals surface area contributed by atoms with E-state index in [4.69, 9.17) is 4.74 Å². The number of benzene rings is 3. The van der Waals surface area contributed by atoms with Crippen LogP contribution in [-0.4, -0.2) is 11.7 Å². The highest BCUT2D eigenvalue weighted by Crippen LogP contribution is 2.40. The fraction of sp³-hybridized carbons (Fsp3) is 0.438. The molecule has 8 heteroatoms. The molecule has 3 aromatic carbocycles. The van der Waals surface area contributed by atoms with Crippen molar-refractivity contribution in [2.24, 2.45) is 5.92 Å². The lowest BCUT2D eigenvalue weighted by Gasteiger charge is -2.29. The van der Waals surface area contributed by atoms with Gasteiger partial charge < -0.3 is 9.84 Å². The third kappa shape index (κ3) is 6.17. The van der Waals surface area contributed by atoms with Gasteiger partial charge in [0.25, 0.3) is 0 Å². The quantitative estimate of drug-likeness (QED) is 0.249. The summed E-state index contributed by atoms with van der Waals surface area (Å²) in [5.74, 6) is -7.05. The fourth-order valence-corrected chi connectivity index (χ4v) is 5.70. The van der Waals surface area contributed by atoms with Crippen LogP contribution in [0.15, 0.2) is 36.4 Å². The van der Waals surface area contributed by atoms with Gasteiger partial charge in [-0.25, -0.2) is 22.0 Å². The van der Waals surface area contributed by atoms with E-state index in [0.29, 0.717) is 37.7 Å². The molecule has 1 unspecified atom stereocenters. The van der Waals surface area contributed by atoms with Crippen molar-refractivity contribution in [3.8, 4) is 16.9 Å². The van der Waals surface area contributed by atoms with Gasteiger partial charge in [-0.05, 0) is 87.0 Å². The molecule has 0 heterocycles. The summed E-state index contributed by atoms with van der Waals surface area (Å²) >= 11 is 0. The number of halogens is 6. The van der Waals surface area contributed by atoms with E-state index in [-0.39, 0.29) is 47.3 Å². The second kappa shape index (κ2) is 13.1. The lowest BCUT2D eigenvalue weighted by molar-refractivity contribution is 0.160. The van der Waals surface area contributed by atoms with Gasteiger partial charge in [0.15, 0.2) is 34.8 Å². The van der Waals surface area contributed by atoms with Crippen LogP contribution < -0.4 is 4.74 Å². The zero-order valence-corrected chi connectivity index (χ0v) is 22.7. The third-order valence-electron chi connectivity index (χ3n) is 7.97. The average Bonchev–Trinajstić information content (AvgIpc) is 2.94. The summed E-state index contributed by atoms with van der Waals surface area (Å²) in [4.78, 5) is 0. The minimum atomic E-state index is -1.31. The summed E-state index contributed by atoms with van der Waals surface area (Å²) in [6, 6.07) is 8.02. The number of aliphatic hydroxyl groups is 1. The highest BCUT2D eigenvalue weighted by atomic mass is 19.2. The van der Waals surface area contributed by atoms with Gasteiger partial charge >= 0.3 is 0 Å². The summed E-state index contributed by atoms with van der Waals surface area (Å²) in [5.41, 5.74) is -0.329. The number of aryl methyl sites for hydroxylation is 1. The number of hydrogen-bond donors (Lipinski definition) is 1. The zero-order valence-electron chi connectivity index (χ0n) is 22.7. The van der Waals surface area contributed by atoms with E-state index in [1.165, 1.54) is 24.3 Å². The molecule has 1 N–H and O–H groups in total. The van der Waals surface area contributed by atoms with Crippen molar-refractivity contribution < 1.29 is 36.2 Å². The van der Waals surface area contributed by atoms with Gasteiger partial charge in [-0.1, -0.05) is 37.6 Å². The van der Waals surface area contributed by atoms with Gasteiger partial charge in [-0.2, -0.15) is 4.39 Å². The molecule has 0 radical (unpaired) electrons. The van der Waals surface area contributed by atoms with Crippen LogP contribution in [0.4, 0.5) is 26.3 Å². The number of ether oxygens (including phenoxy) is 1. The van der Waals surface area contributed by atoms with Gasteiger partial charge in [0.2, 0.25) is 5.82 Å². The molecule has 1 atom stereocenters. The summed E-state index contributed by atoms with van der Waals surface area (Å²) < 4.78 is 93.2. The van der Waals surface area contributed by atoms with Crippen molar-refractivity contribution in [1.29, 1.82) is 0 Å². The van der Waals surface area contributed by atoms with Crippen LogP contribution in [0.1, 0.15) is 87.5 Å². The lowest BCUT2D eigenvalue weighted by Crippen LogP contribution is -2.16. The van der Waals surface area contributed by atoms with Crippen LogP contribution in [0.3, 0.4) is 0 Å². The Balaban J connectivity index is 1.39. The second-order valence-electron chi connectivity index (χ2n) is 10.5. The van der Waals surface area contributed by atoms with Crippen LogP contribution in [0.25, 0.3) is 11.1 Å². The molecule has 216 valence electrons. The Bertz CT molecular complexity index is 1330. The first-order chi connectivity index (χ1) is 19.2. The zero-order chi connectivity index (χ0) is 29.0. The lowest BCUT2D eigenvalue weighted by atomic mass is 9.76. The smallest absolute Gasteiger partial charge is 0.201 e. The summed E-state index contributed by atoms with van der Waals surface area (Å²) in [6.07, 6.45) is 3.52. The number of rotatable bonds is 10. The van der Waals surface area contributed by atoms with Gasteiger partial charge in [0.05, 0.1) is 12.7 Å². The maximum absolute atomic E-state index is 14.9. The second-order valence-corrected chi connectivity index (χ2v) is 10.5. The molecule has 0 bridgehead atoms. The van der Waals surface area contributed by atoms with E-state index >= 15 is 0 Å². The van der Waals surface area contributed by atoms with Crippen molar-refractivity contribution in [3.63, 3.8) is 0 Å². The Hall–Kier alpha value is -3.00. The number of aliphatic hydroxyl groups excluding tert-OH is 1. The predicted molar refractivity (Wildman–Crippen MR) is 142 cm³/mol. The first-order valence-corrected chi connectivity index (χ1v) is 13.9. The van der Waals surface area contributed by atoms with E-state index in [0.717, 1.165) is 18.9 Å². The van der Waals surface area contributed by atoms with E-state index < -0.39 is 46.6 Å². The summed E-state index contributed by atoms with van der Waals surface area (Å²) in [6.45, 7) is 3.60. The molecule has 4 rings (SSSR count). The third-order valence-corrected chi connectivity index (χ3v) is 7.97. The maximum Gasteiger partial charge on any atom is 0.201 e. The highest BCUT2D eigenvalue weighted by Gasteiger charge is 2.28. The minimum absolute atomic E-state index is 0.0209. The van der Waals surface area contributed by atoms with Crippen molar-refractivity contribution in [2.75, 3.05) is 6.61 Å². The molecule has 0 aliphatic heterocycles. The molecule has 0 aromatic heterocycles. The molecule has 1 saturated carbocycles.